The van der Waals surface area contributed by atoms with Gasteiger partial charge >= 0.3 is 5.97 Å². The number of unbranched alkanes of at least 4 members (excludes halogenated alkanes) is 1. The Labute approximate surface area is 136 Å². The van der Waals surface area contributed by atoms with Crippen LogP contribution in [0, 0.1) is 5.92 Å². The number of benzene rings is 1. The number of nitrogen functional groups attached to an aromatic ring is 1. The molecule has 1 saturated heterocycles. The molecule has 0 aliphatic carbocycles. The quantitative estimate of drug-likeness (QED) is 0.616. The molecule has 0 unspecified atom stereocenters. The van der Waals surface area contributed by atoms with E-state index in [0.29, 0.717) is 34.5 Å². The van der Waals surface area contributed by atoms with Gasteiger partial charge in [0.05, 0.1) is 24.4 Å². The lowest BCUT2D eigenvalue weighted by Gasteiger charge is -2.38. The molecular weight excluding hydrogens is 304 g/mol. The van der Waals surface area contributed by atoms with Gasteiger partial charge in [-0.15, -0.1) is 0 Å². The molecule has 6 heteroatoms. The summed E-state index contributed by atoms with van der Waals surface area (Å²) in [5.41, 5.74) is 6.39. The second-order valence-corrected chi connectivity index (χ2v) is 6.06. The second-order valence-electron chi connectivity index (χ2n) is 5.65. The summed E-state index contributed by atoms with van der Waals surface area (Å²) >= 11 is 5.96. The molecule has 2 N–H and O–H groups in total. The van der Waals surface area contributed by atoms with Crippen LogP contribution in [0.25, 0.3) is 0 Å². The first kappa shape index (κ1) is 16.9. The van der Waals surface area contributed by atoms with Crippen LogP contribution < -0.4 is 10.5 Å². The number of nitrogens with two attached hydrogens (primary N) is 1. The maximum atomic E-state index is 12.2. The summed E-state index contributed by atoms with van der Waals surface area (Å²) in [4.78, 5) is 14.5. The zero-order valence-electron chi connectivity index (χ0n) is 13.1. The summed E-state index contributed by atoms with van der Waals surface area (Å²) in [6.45, 7) is 5.72. The van der Waals surface area contributed by atoms with Crippen molar-refractivity contribution < 1.29 is 14.3 Å². The van der Waals surface area contributed by atoms with Crippen LogP contribution in [0.3, 0.4) is 0 Å². The van der Waals surface area contributed by atoms with Gasteiger partial charge in [-0.25, -0.2) is 4.79 Å². The van der Waals surface area contributed by atoms with E-state index < -0.39 is 5.97 Å². The van der Waals surface area contributed by atoms with Gasteiger partial charge in [0.25, 0.3) is 0 Å². The summed E-state index contributed by atoms with van der Waals surface area (Å²) in [7, 11) is 1.48. The Bertz CT molecular complexity index is 530. The molecule has 0 bridgehead atoms. The number of nitrogens with zero attached hydrogens (tertiary/aromatic N) is 1. The van der Waals surface area contributed by atoms with E-state index in [-0.39, 0.29) is 0 Å². The number of rotatable bonds is 7. The lowest BCUT2D eigenvalue weighted by molar-refractivity contribution is 0.0143. The van der Waals surface area contributed by atoms with Gasteiger partial charge in [-0.05, 0) is 19.0 Å². The molecular formula is C16H23ClN2O3. The number of carbonyl (C=O) groups is 1. The standard InChI is InChI=1S/C16H23ClN2O3/c1-3-4-5-19-8-11(9-19)10-22-16(20)12-6-13(17)14(18)7-15(12)21-2/h6-7,11H,3-5,8-10,18H2,1-2H3. The molecule has 1 heterocycles. The summed E-state index contributed by atoms with van der Waals surface area (Å²) in [5, 5.41) is 0.321. The number of hydrogen-bond acceptors (Lipinski definition) is 5. The molecule has 0 atom stereocenters. The third-order valence-electron chi connectivity index (χ3n) is 3.85. The Kier molecular flexibility index (Phi) is 5.91. The van der Waals surface area contributed by atoms with Crippen LogP contribution in [0.2, 0.25) is 5.02 Å². The van der Waals surface area contributed by atoms with Gasteiger partial charge in [-0.2, -0.15) is 0 Å². The molecule has 1 aromatic rings. The van der Waals surface area contributed by atoms with E-state index in [1.807, 2.05) is 0 Å². The van der Waals surface area contributed by atoms with Crippen molar-refractivity contribution in [3.05, 3.63) is 22.7 Å². The lowest BCUT2D eigenvalue weighted by atomic mass is 10.0. The number of methoxy groups -OCH3 is 1. The maximum absolute atomic E-state index is 12.2. The smallest absolute Gasteiger partial charge is 0.341 e. The summed E-state index contributed by atoms with van der Waals surface area (Å²) in [5.74, 6) is 0.367. The first-order valence-corrected chi connectivity index (χ1v) is 7.95. The van der Waals surface area contributed by atoms with Gasteiger partial charge in [0.2, 0.25) is 0 Å². The van der Waals surface area contributed by atoms with E-state index in [2.05, 4.69) is 11.8 Å². The maximum Gasteiger partial charge on any atom is 0.341 e. The first-order chi connectivity index (χ1) is 10.5. The van der Waals surface area contributed by atoms with Crippen LogP contribution in [0.1, 0.15) is 30.1 Å². The van der Waals surface area contributed by atoms with E-state index in [9.17, 15) is 4.79 Å². The fraction of sp³-hybridized carbons (Fsp3) is 0.562. The highest BCUT2D eigenvalue weighted by atomic mass is 35.5. The van der Waals surface area contributed by atoms with Crippen molar-refractivity contribution in [1.29, 1.82) is 0 Å². The molecule has 0 aromatic heterocycles. The minimum atomic E-state index is -0.425. The molecule has 1 fully saturated rings. The molecule has 0 radical (unpaired) electrons. The van der Waals surface area contributed by atoms with E-state index in [1.54, 1.807) is 0 Å². The van der Waals surface area contributed by atoms with Crippen molar-refractivity contribution in [3.8, 4) is 5.75 Å². The van der Waals surface area contributed by atoms with E-state index in [4.69, 9.17) is 26.8 Å². The SMILES string of the molecule is CCCCN1CC(COC(=O)c2cc(Cl)c(N)cc2OC)C1. The second kappa shape index (κ2) is 7.70. The highest BCUT2D eigenvalue weighted by Gasteiger charge is 2.27. The van der Waals surface area contributed by atoms with Crippen molar-refractivity contribution in [2.75, 3.05) is 39.1 Å². The van der Waals surface area contributed by atoms with Crippen molar-refractivity contribution in [2.45, 2.75) is 19.8 Å². The number of halogens is 1. The van der Waals surface area contributed by atoms with E-state index in [0.717, 1.165) is 19.6 Å². The van der Waals surface area contributed by atoms with Gasteiger partial charge in [-0.3, -0.25) is 0 Å². The average molecular weight is 327 g/mol. The molecule has 1 aliphatic rings. The van der Waals surface area contributed by atoms with Crippen LogP contribution in [-0.2, 0) is 4.74 Å². The zero-order valence-corrected chi connectivity index (χ0v) is 13.9. The fourth-order valence-electron chi connectivity index (χ4n) is 2.52. The zero-order chi connectivity index (χ0) is 16.1. The molecule has 5 nitrogen and oxygen atoms in total. The number of hydrogen-bond donors (Lipinski definition) is 1. The topological polar surface area (TPSA) is 64.8 Å². The Morgan fingerprint density at radius 1 is 1.45 bits per heavy atom. The Hall–Kier alpha value is -1.46. The van der Waals surface area contributed by atoms with Gasteiger partial charge in [-0.1, -0.05) is 24.9 Å². The monoisotopic (exact) mass is 326 g/mol. The van der Waals surface area contributed by atoms with Crippen LogP contribution in [-0.4, -0.2) is 44.2 Å². The molecule has 1 aliphatic heterocycles. The fourth-order valence-corrected chi connectivity index (χ4v) is 2.68. The molecule has 0 saturated carbocycles. The molecule has 122 valence electrons. The van der Waals surface area contributed by atoms with Crippen LogP contribution in [0.15, 0.2) is 12.1 Å². The van der Waals surface area contributed by atoms with Gasteiger partial charge in [0, 0.05) is 25.1 Å². The number of anilines is 1. The predicted molar refractivity (Wildman–Crippen MR) is 87.5 cm³/mol. The van der Waals surface area contributed by atoms with Crippen LogP contribution in [0.5, 0.6) is 5.75 Å². The molecule has 22 heavy (non-hydrogen) atoms. The number of ether oxygens (including phenoxy) is 2. The first-order valence-electron chi connectivity index (χ1n) is 7.57. The lowest BCUT2D eigenvalue weighted by Crippen LogP contribution is -2.49. The van der Waals surface area contributed by atoms with Gasteiger partial charge in [0.15, 0.2) is 0 Å². The van der Waals surface area contributed by atoms with Gasteiger partial charge in [0.1, 0.15) is 11.3 Å². The molecule has 2 rings (SSSR count). The predicted octanol–water partition coefficient (Wildman–Crippen LogP) is 2.82. The van der Waals surface area contributed by atoms with Crippen molar-refractivity contribution in [1.82, 2.24) is 4.90 Å². The minimum absolute atomic E-state index is 0.309. The Morgan fingerprint density at radius 3 is 2.82 bits per heavy atom. The average Bonchev–Trinajstić information content (AvgIpc) is 2.47. The number of carbonyl (C=O) groups excluding carboxylic acids is 1. The largest absolute Gasteiger partial charge is 0.496 e. The highest BCUT2D eigenvalue weighted by molar-refractivity contribution is 6.33. The summed E-state index contributed by atoms with van der Waals surface area (Å²) < 4.78 is 10.5. The number of likely N-dealkylation sites (tertiary alicyclic amines) is 1. The molecule has 1 aromatic carbocycles. The Morgan fingerprint density at radius 2 is 2.18 bits per heavy atom. The van der Waals surface area contributed by atoms with Crippen LogP contribution >= 0.6 is 11.6 Å². The highest BCUT2D eigenvalue weighted by Crippen LogP contribution is 2.29. The third-order valence-corrected chi connectivity index (χ3v) is 4.18. The van der Waals surface area contributed by atoms with Crippen molar-refractivity contribution in [2.24, 2.45) is 5.92 Å². The third kappa shape index (κ3) is 4.05. The van der Waals surface area contributed by atoms with E-state index in [1.165, 1.54) is 32.1 Å². The number of esters is 1. The Balaban J connectivity index is 1.85. The van der Waals surface area contributed by atoms with E-state index >= 15 is 0 Å². The van der Waals surface area contributed by atoms with Gasteiger partial charge < -0.3 is 20.1 Å². The summed E-state index contributed by atoms with van der Waals surface area (Å²) in [6.07, 6.45) is 2.42. The normalized spacial score (nSPS) is 15.4. The van der Waals surface area contributed by atoms with Crippen LogP contribution in [0.4, 0.5) is 5.69 Å². The molecule has 0 amide bonds. The minimum Gasteiger partial charge on any atom is -0.496 e. The van der Waals surface area contributed by atoms with Crippen molar-refractivity contribution >= 4 is 23.3 Å². The molecule has 0 spiro atoms. The summed E-state index contributed by atoms with van der Waals surface area (Å²) in [6, 6.07) is 3.03. The van der Waals surface area contributed by atoms with Crippen molar-refractivity contribution in [3.63, 3.8) is 0 Å².